The van der Waals surface area contributed by atoms with E-state index in [1.54, 1.807) is 6.20 Å². The first-order valence-electron chi connectivity index (χ1n) is 6.65. The molecule has 4 nitrogen and oxygen atoms in total. The number of nitrogens with zero attached hydrogens (tertiary/aromatic N) is 1. The number of carbonyl (C=O) groups excluding carboxylic acids is 1. The number of aromatic nitrogens is 1. The molecule has 0 spiro atoms. The maximum absolute atomic E-state index is 12.6. The highest BCUT2D eigenvalue weighted by molar-refractivity contribution is 7.13. The fraction of sp³-hybridized carbons (Fsp3) is 0.125. The summed E-state index contributed by atoms with van der Waals surface area (Å²) in [7, 11) is 0. The van der Waals surface area contributed by atoms with E-state index in [4.69, 9.17) is 4.74 Å². The second-order valence-corrected chi connectivity index (χ2v) is 5.28. The molecule has 0 bridgehead atoms. The van der Waals surface area contributed by atoms with Crippen molar-refractivity contribution in [2.24, 2.45) is 0 Å². The lowest BCUT2D eigenvalue weighted by Crippen LogP contribution is -2.14. The van der Waals surface area contributed by atoms with Crippen molar-refractivity contribution in [3.8, 4) is 5.75 Å². The number of carbonyl (C=O) groups is 1. The molecule has 0 aliphatic heterocycles. The Bertz CT molecular complexity index is 769. The molecule has 21 heavy (non-hydrogen) atoms. The molecule has 106 valence electrons. The lowest BCUT2D eigenvalue weighted by Gasteiger charge is -2.12. The summed E-state index contributed by atoms with van der Waals surface area (Å²) in [6, 6.07) is 11.6. The molecule has 5 heteroatoms. The van der Waals surface area contributed by atoms with Gasteiger partial charge in [-0.25, -0.2) is 4.98 Å². The number of benzene rings is 2. The topological polar surface area (TPSA) is 51.2 Å². The van der Waals surface area contributed by atoms with Gasteiger partial charge in [-0.05, 0) is 23.8 Å². The smallest absolute Gasteiger partial charge is 0.261 e. The third-order valence-electron chi connectivity index (χ3n) is 3.07. The summed E-state index contributed by atoms with van der Waals surface area (Å²) in [4.78, 5) is 16.7. The molecule has 0 radical (unpaired) electrons. The van der Waals surface area contributed by atoms with Gasteiger partial charge in [0, 0.05) is 11.6 Å². The number of hydrogen-bond donors (Lipinski definition) is 1. The van der Waals surface area contributed by atoms with Gasteiger partial charge in [0.2, 0.25) is 0 Å². The zero-order chi connectivity index (χ0) is 14.7. The number of amides is 1. The highest BCUT2D eigenvalue weighted by atomic mass is 32.1. The van der Waals surface area contributed by atoms with Crippen LogP contribution in [0.4, 0.5) is 5.13 Å². The van der Waals surface area contributed by atoms with Crippen LogP contribution in [0.1, 0.15) is 17.3 Å². The van der Waals surface area contributed by atoms with Crippen LogP contribution in [0.15, 0.2) is 48.0 Å². The summed E-state index contributed by atoms with van der Waals surface area (Å²) >= 11 is 1.39. The maximum Gasteiger partial charge on any atom is 0.261 e. The SMILES string of the molecule is CCOc1ccc2ccccc2c1C(=O)Nc1nccs1. The van der Waals surface area contributed by atoms with Gasteiger partial charge in [0.05, 0.1) is 12.2 Å². The number of rotatable bonds is 4. The van der Waals surface area contributed by atoms with E-state index in [-0.39, 0.29) is 5.91 Å². The minimum atomic E-state index is -0.204. The standard InChI is InChI=1S/C16H14N2O2S/c1-2-20-13-8-7-11-5-3-4-6-12(11)14(13)15(19)18-16-17-9-10-21-16/h3-10H,2H2,1H3,(H,17,18,19). The largest absolute Gasteiger partial charge is 0.493 e. The maximum atomic E-state index is 12.6. The van der Waals surface area contributed by atoms with Gasteiger partial charge < -0.3 is 4.74 Å². The molecule has 0 fully saturated rings. The highest BCUT2D eigenvalue weighted by Crippen LogP contribution is 2.29. The third-order valence-corrected chi connectivity index (χ3v) is 3.76. The van der Waals surface area contributed by atoms with E-state index in [1.807, 2.05) is 48.7 Å². The number of anilines is 1. The Morgan fingerprint density at radius 2 is 2.14 bits per heavy atom. The molecule has 0 saturated carbocycles. The van der Waals surface area contributed by atoms with Crippen molar-refractivity contribution in [1.29, 1.82) is 0 Å². The van der Waals surface area contributed by atoms with Crippen molar-refractivity contribution in [2.75, 3.05) is 11.9 Å². The van der Waals surface area contributed by atoms with Crippen molar-refractivity contribution in [3.63, 3.8) is 0 Å². The molecule has 0 unspecified atom stereocenters. The van der Waals surface area contributed by atoms with E-state index in [0.717, 1.165) is 10.8 Å². The van der Waals surface area contributed by atoms with Gasteiger partial charge in [0.1, 0.15) is 5.75 Å². The summed E-state index contributed by atoms with van der Waals surface area (Å²) in [6.07, 6.45) is 1.66. The lowest BCUT2D eigenvalue weighted by molar-refractivity contribution is 0.102. The molecule has 2 aromatic carbocycles. The van der Waals surface area contributed by atoms with Gasteiger partial charge in [-0.3, -0.25) is 10.1 Å². The van der Waals surface area contributed by atoms with Gasteiger partial charge in [-0.2, -0.15) is 0 Å². The molecule has 0 atom stereocenters. The minimum absolute atomic E-state index is 0.204. The first-order valence-corrected chi connectivity index (χ1v) is 7.53. The number of hydrogen-bond acceptors (Lipinski definition) is 4. The molecular formula is C16H14N2O2S. The van der Waals surface area contributed by atoms with Crippen LogP contribution in [0.3, 0.4) is 0 Å². The number of thiazole rings is 1. The fourth-order valence-electron chi connectivity index (χ4n) is 2.21. The van der Waals surface area contributed by atoms with Crippen LogP contribution >= 0.6 is 11.3 Å². The highest BCUT2D eigenvalue weighted by Gasteiger charge is 2.17. The quantitative estimate of drug-likeness (QED) is 0.793. The average molecular weight is 298 g/mol. The number of ether oxygens (including phenoxy) is 1. The molecule has 0 aliphatic rings. The van der Waals surface area contributed by atoms with E-state index in [0.29, 0.717) is 23.1 Å². The zero-order valence-electron chi connectivity index (χ0n) is 11.5. The fourth-order valence-corrected chi connectivity index (χ4v) is 2.73. The summed E-state index contributed by atoms with van der Waals surface area (Å²) in [5.41, 5.74) is 0.546. The Hall–Kier alpha value is -2.40. The van der Waals surface area contributed by atoms with E-state index < -0.39 is 0 Å². The van der Waals surface area contributed by atoms with Gasteiger partial charge in [0.15, 0.2) is 5.13 Å². The first-order chi connectivity index (χ1) is 10.3. The molecule has 1 heterocycles. The second kappa shape index (κ2) is 5.93. The Morgan fingerprint density at radius 3 is 2.90 bits per heavy atom. The molecular weight excluding hydrogens is 284 g/mol. The first kappa shape index (κ1) is 13.6. The van der Waals surface area contributed by atoms with Crippen LogP contribution in [0.5, 0.6) is 5.75 Å². The number of nitrogens with one attached hydrogen (secondary N) is 1. The van der Waals surface area contributed by atoms with E-state index >= 15 is 0 Å². The van der Waals surface area contributed by atoms with Gasteiger partial charge in [-0.1, -0.05) is 30.3 Å². The summed E-state index contributed by atoms with van der Waals surface area (Å²) in [5, 5.41) is 7.10. The Morgan fingerprint density at radius 1 is 1.29 bits per heavy atom. The average Bonchev–Trinajstić information content (AvgIpc) is 3.00. The van der Waals surface area contributed by atoms with Crippen LogP contribution in [0.25, 0.3) is 10.8 Å². The van der Waals surface area contributed by atoms with E-state index in [9.17, 15) is 4.79 Å². The lowest BCUT2D eigenvalue weighted by atomic mass is 10.0. The monoisotopic (exact) mass is 298 g/mol. The molecule has 1 N–H and O–H groups in total. The molecule has 0 aliphatic carbocycles. The van der Waals surface area contributed by atoms with E-state index in [2.05, 4.69) is 10.3 Å². The van der Waals surface area contributed by atoms with Crippen molar-refractivity contribution in [1.82, 2.24) is 4.98 Å². The van der Waals surface area contributed by atoms with Crippen LogP contribution in [0.2, 0.25) is 0 Å². The summed E-state index contributed by atoms with van der Waals surface area (Å²) in [5.74, 6) is 0.385. The van der Waals surface area contributed by atoms with E-state index in [1.165, 1.54) is 11.3 Å². The normalized spacial score (nSPS) is 10.5. The Balaban J connectivity index is 2.09. The summed E-state index contributed by atoms with van der Waals surface area (Å²) < 4.78 is 5.61. The van der Waals surface area contributed by atoms with Crippen molar-refractivity contribution in [3.05, 3.63) is 53.5 Å². The van der Waals surface area contributed by atoms with Crippen molar-refractivity contribution >= 4 is 33.1 Å². The molecule has 3 aromatic rings. The van der Waals surface area contributed by atoms with Crippen LogP contribution in [0, 0.1) is 0 Å². The van der Waals surface area contributed by atoms with Gasteiger partial charge >= 0.3 is 0 Å². The predicted molar refractivity (Wildman–Crippen MR) is 85.2 cm³/mol. The molecule has 3 rings (SSSR count). The second-order valence-electron chi connectivity index (χ2n) is 4.38. The molecule has 0 saturated heterocycles. The van der Waals surface area contributed by atoms with Crippen LogP contribution in [-0.2, 0) is 0 Å². The third kappa shape index (κ3) is 2.73. The van der Waals surface area contributed by atoms with Crippen molar-refractivity contribution in [2.45, 2.75) is 6.92 Å². The van der Waals surface area contributed by atoms with Gasteiger partial charge in [0.25, 0.3) is 5.91 Å². The predicted octanol–water partition coefficient (Wildman–Crippen LogP) is 3.95. The molecule has 1 aromatic heterocycles. The van der Waals surface area contributed by atoms with Gasteiger partial charge in [-0.15, -0.1) is 11.3 Å². The number of fused-ring (bicyclic) bond motifs is 1. The Labute approximate surface area is 126 Å². The zero-order valence-corrected chi connectivity index (χ0v) is 12.3. The van der Waals surface area contributed by atoms with Crippen LogP contribution in [-0.4, -0.2) is 17.5 Å². The van der Waals surface area contributed by atoms with Crippen LogP contribution < -0.4 is 10.1 Å². The minimum Gasteiger partial charge on any atom is -0.493 e. The Kier molecular flexibility index (Phi) is 3.83. The summed E-state index contributed by atoms with van der Waals surface area (Å²) in [6.45, 7) is 2.41. The van der Waals surface area contributed by atoms with Crippen molar-refractivity contribution < 1.29 is 9.53 Å². The molecule has 1 amide bonds.